The van der Waals surface area contributed by atoms with Crippen molar-refractivity contribution >= 4 is 40.7 Å². The second-order valence-electron chi connectivity index (χ2n) is 7.55. The third kappa shape index (κ3) is 2.98. The first-order valence-corrected chi connectivity index (χ1v) is 11.3. The molecule has 2 N–H and O–H groups in total. The Morgan fingerprint density at radius 2 is 1.97 bits per heavy atom. The number of carbonyl (C=O) groups excluding carboxylic acids is 2. The van der Waals surface area contributed by atoms with E-state index in [1.54, 1.807) is 6.07 Å². The Bertz CT molecular complexity index is 1230. The monoisotopic (exact) mass is 438 g/mol. The molecule has 3 aromatic rings. The van der Waals surface area contributed by atoms with Crippen molar-refractivity contribution in [3.63, 3.8) is 0 Å². The molecule has 0 unspecified atom stereocenters. The number of aromatic amines is 1. The zero-order chi connectivity index (χ0) is 20.9. The molecule has 1 amide bonds. The highest BCUT2D eigenvalue weighted by atomic mass is 32.2. The number of amides is 1. The lowest BCUT2D eigenvalue weighted by molar-refractivity contribution is -0.149. The van der Waals surface area contributed by atoms with Crippen LogP contribution in [0.3, 0.4) is 0 Å². The first kappa shape index (κ1) is 19.1. The summed E-state index contributed by atoms with van der Waals surface area (Å²) in [7, 11) is 0. The number of esters is 1. The summed E-state index contributed by atoms with van der Waals surface area (Å²) in [6, 6.07) is 14.9. The Hall–Kier alpha value is -2.84. The third-order valence-corrected chi connectivity index (χ3v) is 8.01. The van der Waals surface area contributed by atoms with Crippen LogP contribution in [0.15, 0.2) is 58.4 Å². The molecule has 30 heavy (non-hydrogen) atoms. The normalized spacial score (nSPS) is 21.8. The summed E-state index contributed by atoms with van der Waals surface area (Å²) in [6.07, 6.45) is -0.0301. The first-order valence-electron chi connectivity index (χ1n) is 9.50. The summed E-state index contributed by atoms with van der Waals surface area (Å²) in [4.78, 5) is 41.9. The predicted octanol–water partition coefficient (Wildman–Crippen LogP) is 3.92. The number of fused-ring (bicyclic) bond motifs is 5. The number of hydrogen-bond donors (Lipinski definition) is 2. The SMILES string of the molecule is Cc1ccccc1NC(=O)C[C@]12CSc3[nH]c(=O)sc3[C@H]1c1ccccc1OC2=O. The summed E-state index contributed by atoms with van der Waals surface area (Å²) >= 11 is 2.50. The molecule has 1 aromatic heterocycles. The smallest absolute Gasteiger partial charge is 0.319 e. The van der Waals surface area contributed by atoms with Gasteiger partial charge in [-0.3, -0.25) is 14.4 Å². The maximum Gasteiger partial charge on any atom is 0.319 e. The molecule has 6 nitrogen and oxygen atoms in total. The number of thiazole rings is 1. The standard InChI is InChI=1S/C22H18N2O4S2/c1-12-6-2-4-8-14(12)23-16(25)10-22-11-29-19-18(30-21(27)24-19)17(22)13-7-3-5-9-15(13)28-20(22)26/h2-9,17H,10-11H2,1H3,(H,23,25)(H,24,27)/t17-,22+/m1/s1. The van der Waals surface area contributed by atoms with Crippen LogP contribution in [-0.4, -0.2) is 22.6 Å². The van der Waals surface area contributed by atoms with Gasteiger partial charge in [-0.05, 0) is 24.6 Å². The van der Waals surface area contributed by atoms with E-state index < -0.39 is 17.3 Å². The number of H-pyrrole nitrogens is 1. The van der Waals surface area contributed by atoms with Gasteiger partial charge in [0.2, 0.25) is 5.91 Å². The molecule has 8 heteroatoms. The van der Waals surface area contributed by atoms with Gasteiger partial charge in [0.15, 0.2) is 0 Å². The van der Waals surface area contributed by atoms with E-state index in [-0.39, 0.29) is 17.2 Å². The fourth-order valence-corrected chi connectivity index (χ4v) is 6.75. The van der Waals surface area contributed by atoms with Crippen LogP contribution in [0.25, 0.3) is 0 Å². The van der Waals surface area contributed by atoms with Crippen LogP contribution in [0.5, 0.6) is 5.75 Å². The second kappa shape index (κ2) is 7.14. The van der Waals surface area contributed by atoms with Gasteiger partial charge in [-0.15, -0.1) is 11.8 Å². The first-order chi connectivity index (χ1) is 14.5. The second-order valence-corrected chi connectivity index (χ2v) is 9.55. The van der Waals surface area contributed by atoms with E-state index in [1.807, 2.05) is 49.4 Å². The Morgan fingerprint density at radius 3 is 2.80 bits per heavy atom. The fraction of sp³-hybridized carbons (Fsp3) is 0.227. The zero-order valence-corrected chi connectivity index (χ0v) is 17.7. The lowest BCUT2D eigenvalue weighted by Crippen LogP contribution is -2.49. The maximum atomic E-state index is 13.3. The van der Waals surface area contributed by atoms with Crippen molar-refractivity contribution in [2.75, 3.05) is 11.1 Å². The summed E-state index contributed by atoms with van der Waals surface area (Å²) < 4.78 is 5.69. The number of carbonyl (C=O) groups is 2. The van der Waals surface area contributed by atoms with Gasteiger partial charge in [-0.1, -0.05) is 47.7 Å². The molecule has 2 aromatic carbocycles. The van der Waals surface area contributed by atoms with Crippen molar-refractivity contribution in [1.82, 2.24) is 4.98 Å². The molecule has 5 rings (SSSR count). The van der Waals surface area contributed by atoms with Crippen LogP contribution in [0.2, 0.25) is 0 Å². The van der Waals surface area contributed by atoms with E-state index in [2.05, 4.69) is 10.3 Å². The number of aryl methyl sites for hydroxylation is 1. The quantitative estimate of drug-likeness (QED) is 0.478. The van der Waals surface area contributed by atoms with Gasteiger partial charge in [-0.25, -0.2) is 0 Å². The van der Waals surface area contributed by atoms with Gasteiger partial charge in [0.05, 0.1) is 10.4 Å². The van der Waals surface area contributed by atoms with Gasteiger partial charge < -0.3 is 15.0 Å². The number of nitrogens with one attached hydrogen (secondary N) is 2. The molecule has 0 fully saturated rings. The number of benzene rings is 2. The van der Waals surface area contributed by atoms with Crippen molar-refractivity contribution in [3.8, 4) is 5.75 Å². The van der Waals surface area contributed by atoms with Crippen LogP contribution < -0.4 is 14.9 Å². The molecule has 2 aliphatic rings. The van der Waals surface area contributed by atoms with E-state index in [0.29, 0.717) is 11.5 Å². The summed E-state index contributed by atoms with van der Waals surface area (Å²) in [5.74, 6) is -0.243. The highest BCUT2D eigenvalue weighted by Crippen LogP contribution is 2.58. The number of anilines is 1. The minimum absolute atomic E-state index is 0.0301. The zero-order valence-electron chi connectivity index (χ0n) is 16.1. The van der Waals surface area contributed by atoms with Crippen molar-refractivity contribution in [2.45, 2.75) is 24.3 Å². The van der Waals surface area contributed by atoms with E-state index >= 15 is 0 Å². The van der Waals surface area contributed by atoms with Crippen molar-refractivity contribution < 1.29 is 14.3 Å². The van der Waals surface area contributed by atoms with Gasteiger partial charge >= 0.3 is 10.8 Å². The lowest BCUT2D eigenvalue weighted by atomic mass is 9.68. The van der Waals surface area contributed by atoms with E-state index in [0.717, 1.165) is 38.1 Å². The van der Waals surface area contributed by atoms with Crippen LogP contribution in [0.4, 0.5) is 5.69 Å². The number of ether oxygens (including phenoxy) is 1. The molecule has 0 spiro atoms. The van der Waals surface area contributed by atoms with E-state index in [9.17, 15) is 14.4 Å². The number of aromatic nitrogens is 1. The Morgan fingerprint density at radius 1 is 1.20 bits per heavy atom. The Labute approximate surface area is 180 Å². The van der Waals surface area contributed by atoms with Gasteiger partial charge in [0.25, 0.3) is 0 Å². The average molecular weight is 439 g/mol. The number of hydrogen-bond acceptors (Lipinski definition) is 6. The highest BCUT2D eigenvalue weighted by molar-refractivity contribution is 7.99. The third-order valence-electron chi connectivity index (χ3n) is 5.67. The minimum atomic E-state index is -1.08. The van der Waals surface area contributed by atoms with Gasteiger partial charge in [-0.2, -0.15) is 0 Å². The predicted molar refractivity (Wildman–Crippen MR) is 116 cm³/mol. The molecule has 0 aliphatic carbocycles. The molecular weight excluding hydrogens is 420 g/mol. The maximum absolute atomic E-state index is 13.3. The lowest BCUT2D eigenvalue weighted by Gasteiger charge is -2.44. The Kier molecular flexibility index (Phi) is 4.56. The van der Waals surface area contributed by atoms with Crippen molar-refractivity contribution in [1.29, 1.82) is 0 Å². The molecule has 0 radical (unpaired) electrons. The molecule has 3 heterocycles. The number of thioether (sulfide) groups is 1. The van der Waals surface area contributed by atoms with Crippen LogP contribution in [-0.2, 0) is 9.59 Å². The van der Waals surface area contributed by atoms with Crippen LogP contribution in [0.1, 0.15) is 28.3 Å². The number of para-hydroxylation sites is 2. The number of rotatable bonds is 3. The van der Waals surface area contributed by atoms with E-state index in [4.69, 9.17) is 4.74 Å². The summed E-state index contributed by atoms with van der Waals surface area (Å²) in [6.45, 7) is 1.92. The molecule has 2 aliphatic heterocycles. The van der Waals surface area contributed by atoms with Crippen molar-refractivity contribution in [3.05, 3.63) is 74.2 Å². The minimum Gasteiger partial charge on any atom is -0.426 e. The molecular formula is C22H18N2O4S2. The Balaban J connectivity index is 1.58. The molecule has 2 atom stereocenters. The van der Waals surface area contributed by atoms with Crippen LogP contribution >= 0.6 is 23.1 Å². The average Bonchev–Trinajstić information content (AvgIpc) is 3.10. The van der Waals surface area contributed by atoms with Crippen molar-refractivity contribution in [2.24, 2.45) is 5.41 Å². The topological polar surface area (TPSA) is 88.3 Å². The van der Waals surface area contributed by atoms with Gasteiger partial charge in [0.1, 0.15) is 5.75 Å². The molecule has 0 bridgehead atoms. The van der Waals surface area contributed by atoms with Gasteiger partial charge in [0, 0.05) is 34.2 Å². The van der Waals surface area contributed by atoms with E-state index in [1.165, 1.54) is 11.8 Å². The largest absolute Gasteiger partial charge is 0.426 e. The fourth-order valence-electron chi connectivity index (χ4n) is 4.21. The summed E-state index contributed by atoms with van der Waals surface area (Å²) in [5.41, 5.74) is 1.41. The summed E-state index contributed by atoms with van der Waals surface area (Å²) in [5, 5.41) is 3.71. The molecule has 0 saturated heterocycles. The molecule has 0 saturated carbocycles. The van der Waals surface area contributed by atoms with Crippen LogP contribution in [0, 0.1) is 12.3 Å². The molecule has 152 valence electrons. The highest BCUT2D eigenvalue weighted by Gasteiger charge is 2.57.